The second-order valence-corrected chi connectivity index (χ2v) is 7.49. The number of hydrogen-bond donors (Lipinski definition) is 2. The van der Waals surface area contributed by atoms with Crippen molar-refractivity contribution in [3.8, 4) is 0 Å². The number of benzene rings is 1. The third-order valence-corrected chi connectivity index (χ3v) is 5.31. The maximum atomic E-state index is 11.9. The largest absolute Gasteiger partial charge is 0.360 e. The molecule has 5 nitrogen and oxygen atoms in total. The molecule has 0 fully saturated rings. The van der Waals surface area contributed by atoms with Crippen LogP contribution >= 0.6 is 34.7 Å². The molecule has 0 atom stereocenters. The van der Waals surface area contributed by atoms with Gasteiger partial charge in [0.25, 0.3) is 0 Å². The average Bonchev–Trinajstić information content (AvgIpc) is 3.00. The maximum Gasteiger partial charge on any atom is 0.221 e. The first-order chi connectivity index (χ1) is 11.2. The molecule has 0 radical (unpaired) electrons. The molecule has 2 aromatic rings. The van der Waals surface area contributed by atoms with E-state index in [0.717, 1.165) is 28.0 Å². The van der Waals surface area contributed by atoms with Crippen LogP contribution in [0.1, 0.15) is 25.3 Å². The fraction of sp³-hybridized carbons (Fsp3) is 0.400. The fourth-order valence-electron chi connectivity index (χ4n) is 1.73. The summed E-state index contributed by atoms with van der Waals surface area (Å²) in [5, 5.41) is 15.7. The predicted octanol–water partition coefficient (Wildman–Crippen LogP) is 3.81. The SMILES string of the molecule is CCCNc1nnc(SCCC(=O)NCc2ccccc2Cl)s1. The third-order valence-electron chi connectivity index (χ3n) is 2.92. The van der Waals surface area contributed by atoms with Gasteiger partial charge < -0.3 is 10.6 Å². The van der Waals surface area contributed by atoms with E-state index >= 15 is 0 Å². The highest BCUT2D eigenvalue weighted by atomic mass is 35.5. The van der Waals surface area contributed by atoms with E-state index in [2.05, 4.69) is 27.8 Å². The Hall–Kier alpha value is -1.31. The molecule has 8 heteroatoms. The molecule has 0 bridgehead atoms. The summed E-state index contributed by atoms with van der Waals surface area (Å²) in [4.78, 5) is 11.9. The summed E-state index contributed by atoms with van der Waals surface area (Å²) in [5.74, 6) is 0.683. The number of hydrogen-bond acceptors (Lipinski definition) is 6. The summed E-state index contributed by atoms with van der Waals surface area (Å²) < 4.78 is 0.877. The molecule has 1 heterocycles. The van der Waals surface area contributed by atoms with E-state index in [1.165, 1.54) is 11.3 Å². The molecule has 124 valence electrons. The van der Waals surface area contributed by atoms with Gasteiger partial charge in [-0.2, -0.15) is 0 Å². The molecule has 0 aliphatic rings. The molecule has 1 aromatic carbocycles. The van der Waals surface area contributed by atoms with Crippen molar-refractivity contribution >= 4 is 45.7 Å². The van der Waals surface area contributed by atoms with Gasteiger partial charge in [-0.25, -0.2) is 0 Å². The minimum atomic E-state index is 0.00580. The van der Waals surface area contributed by atoms with Crippen LogP contribution in [-0.4, -0.2) is 28.4 Å². The zero-order valence-corrected chi connectivity index (χ0v) is 15.2. The molecule has 1 aromatic heterocycles. The Morgan fingerprint density at radius 1 is 1.35 bits per heavy atom. The summed E-state index contributed by atoms with van der Waals surface area (Å²) in [6.07, 6.45) is 1.49. The van der Waals surface area contributed by atoms with Crippen molar-refractivity contribution in [1.82, 2.24) is 15.5 Å². The van der Waals surface area contributed by atoms with Gasteiger partial charge in [0.05, 0.1) is 0 Å². The molecular weight excluding hydrogens is 352 g/mol. The molecule has 2 rings (SSSR count). The van der Waals surface area contributed by atoms with Crippen LogP contribution in [0.2, 0.25) is 5.02 Å². The van der Waals surface area contributed by atoms with Gasteiger partial charge in [0.2, 0.25) is 11.0 Å². The van der Waals surface area contributed by atoms with Crippen molar-refractivity contribution in [3.05, 3.63) is 34.9 Å². The lowest BCUT2D eigenvalue weighted by molar-refractivity contribution is -0.120. The Bertz CT molecular complexity index is 635. The number of aromatic nitrogens is 2. The van der Waals surface area contributed by atoms with Crippen molar-refractivity contribution in [1.29, 1.82) is 0 Å². The minimum Gasteiger partial charge on any atom is -0.360 e. The third kappa shape index (κ3) is 6.37. The number of rotatable bonds is 9. The Labute approximate surface area is 149 Å². The highest BCUT2D eigenvalue weighted by Gasteiger charge is 2.07. The number of thioether (sulfide) groups is 1. The fourth-order valence-corrected chi connectivity index (χ4v) is 3.72. The normalized spacial score (nSPS) is 10.5. The predicted molar refractivity (Wildman–Crippen MR) is 97.3 cm³/mol. The minimum absolute atomic E-state index is 0.00580. The molecule has 0 unspecified atom stereocenters. The monoisotopic (exact) mass is 370 g/mol. The highest BCUT2D eigenvalue weighted by Crippen LogP contribution is 2.25. The van der Waals surface area contributed by atoms with Crippen LogP contribution < -0.4 is 10.6 Å². The van der Waals surface area contributed by atoms with Crippen LogP contribution in [0.4, 0.5) is 5.13 Å². The summed E-state index contributed by atoms with van der Waals surface area (Å²) in [5.41, 5.74) is 0.922. The Kier molecular flexibility index (Phi) is 7.64. The van der Waals surface area contributed by atoms with Gasteiger partial charge in [0.15, 0.2) is 4.34 Å². The lowest BCUT2D eigenvalue weighted by Crippen LogP contribution is -2.23. The van der Waals surface area contributed by atoms with Gasteiger partial charge in [-0.15, -0.1) is 10.2 Å². The van der Waals surface area contributed by atoms with Crippen molar-refractivity contribution in [3.63, 3.8) is 0 Å². The quantitative estimate of drug-likeness (QED) is 0.657. The van der Waals surface area contributed by atoms with Crippen LogP contribution in [0.3, 0.4) is 0 Å². The number of carbonyl (C=O) groups is 1. The zero-order chi connectivity index (χ0) is 16.5. The maximum absolute atomic E-state index is 11.9. The lowest BCUT2D eigenvalue weighted by atomic mass is 10.2. The van der Waals surface area contributed by atoms with Crippen LogP contribution in [-0.2, 0) is 11.3 Å². The van der Waals surface area contributed by atoms with E-state index < -0.39 is 0 Å². The van der Waals surface area contributed by atoms with E-state index in [9.17, 15) is 4.79 Å². The molecule has 0 saturated heterocycles. The highest BCUT2D eigenvalue weighted by molar-refractivity contribution is 8.01. The molecule has 0 aliphatic carbocycles. The molecular formula is C15H19ClN4OS2. The average molecular weight is 371 g/mol. The standard InChI is InChI=1S/C15H19ClN4OS2/c1-2-8-17-14-19-20-15(23-14)22-9-7-13(21)18-10-11-5-3-4-6-12(11)16/h3-6H,2,7-10H2,1H3,(H,17,19)(H,18,21). The summed E-state index contributed by atoms with van der Waals surface area (Å²) in [7, 11) is 0. The van der Waals surface area contributed by atoms with Crippen LogP contribution in [0.25, 0.3) is 0 Å². The van der Waals surface area contributed by atoms with E-state index in [1.807, 2.05) is 24.3 Å². The number of nitrogens with one attached hydrogen (secondary N) is 2. The second-order valence-electron chi connectivity index (χ2n) is 4.77. The zero-order valence-electron chi connectivity index (χ0n) is 12.8. The van der Waals surface area contributed by atoms with Gasteiger partial charge >= 0.3 is 0 Å². The molecule has 2 N–H and O–H groups in total. The van der Waals surface area contributed by atoms with E-state index in [0.29, 0.717) is 23.7 Å². The number of halogens is 1. The summed E-state index contributed by atoms with van der Waals surface area (Å²) in [6.45, 7) is 3.45. The number of nitrogens with zero attached hydrogens (tertiary/aromatic N) is 2. The van der Waals surface area contributed by atoms with Crippen molar-refractivity contribution in [2.75, 3.05) is 17.6 Å². The van der Waals surface area contributed by atoms with Crippen molar-refractivity contribution in [2.24, 2.45) is 0 Å². The molecule has 0 aliphatic heterocycles. The Morgan fingerprint density at radius 3 is 2.96 bits per heavy atom. The first-order valence-electron chi connectivity index (χ1n) is 7.39. The molecule has 0 spiro atoms. The van der Waals surface area contributed by atoms with Gasteiger partial charge in [-0.3, -0.25) is 4.79 Å². The number of anilines is 1. The Morgan fingerprint density at radius 2 is 2.17 bits per heavy atom. The van der Waals surface area contributed by atoms with Gasteiger partial charge in [0.1, 0.15) is 0 Å². The first-order valence-corrected chi connectivity index (χ1v) is 9.57. The van der Waals surface area contributed by atoms with Crippen LogP contribution in [0.15, 0.2) is 28.6 Å². The lowest BCUT2D eigenvalue weighted by Gasteiger charge is -2.06. The summed E-state index contributed by atoms with van der Waals surface area (Å²) >= 11 is 9.12. The smallest absolute Gasteiger partial charge is 0.221 e. The van der Waals surface area contributed by atoms with Crippen molar-refractivity contribution in [2.45, 2.75) is 30.6 Å². The van der Waals surface area contributed by atoms with Gasteiger partial charge in [0, 0.05) is 30.3 Å². The topological polar surface area (TPSA) is 66.9 Å². The Balaban J connectivity index is 1.66. The van der Waals surface area contributed by atoms with E-state index in [-0.39, 0.29) is 5.91 Å². The van der Waals surface area contributed by atoms with Gasteiger partial charge in [-0.05, 0) is 18.1 Å². The second kappa shape index (κ2) is 9.75. The summed E-state index contributed by atoms with van der Waals surface area (Å²) in [6, 6.07) is 7.50. The first kappa shape index (κ1) is 18.0. The van der Waals surface area contributed by atoms with E-state index in [4.69, 9.17) is 11.6 Å². The van der Waals surface area contributed by atoms with E-state index in [1.54, 1.807) is 11.8 Å². The molecule has 1 amide bonds. The van der Waals surface area contributed by atoms with Crippen molar-refractivity contribution < 1.29 is 4.79 Å². The molecule has 23 heavy (non-hydrogen) atoms. The number of amides is 1. The molecule has 0 saturated carbocycles. The van der Waals surface area contributed by atoms with Gasteiger partial charge in [-0.1, -0.05) is 59.8 Å². The number of carbonyl (C=O) groups excluding carboxylic acids is 1. The van der Waals surface area contributed by atoms with Crippen LogP contribution in [0.5, 0.6) is 0 Å². The van der Waals surface area contributed by atoms with Crippen LogP contribution in [0, 0.1) is 0 Å².